The number of cyclic esters (lactones) is 1. The summed E-state index contributed by atoms with van der Waals surface area (Å²) >= 11 is 0. The van der Waals surface area contributed by atoms with Crippen molar-refractivity contribution in [1.29, 1.82) is 0 Å². The number of nitrogens with zero attached hydrogens (tertiary/aromatic N) is 1. The summed E-state index contributed by atoms with van der Waals surface area (Å²) in [6.45, 7) is 2.97. The summed E-state index contributed by atoms with van der Waals surface area (Å²) in [5, 5.41) is 0. The Labute approximate surface area is 81.1 Å². The largest absolute Gasteiger partial charge is 0.457 e. The van der Waals surface area contributed by atoms with Gasteiger partial charge in [-0.2, -0.15) is 0 Å². The van der Waals surface area contributed by atoms with Gasteiger partial charge in [-0.05, 0) is 6.42 Å². The molecule has 0 spiro atoms. The van der Waals surface area contributed by atoms with Crippen molar-refractivity contribution in [3.63, 3.8) is 0 Å². The van der Waals surface area contributed by atoms with E-state index in [9.17, 15) is 9.59 Å². The molecule has 0 saturated heterocycles. The van der Waals surface area contributed by atoms with Crippen LogP contribution in [-0.4, -0.2) is 10.5 Å². The average molecular weight is 193 g/mol. The van der Waals surface area contributed by atoms with Crippen LogP contribution in [0, 0.1) is 0 Å². The van der Waals surface area contributed by atoms with Crippen LogP contribution in [0.25, 0.3) is 0 Å². The van der Waals surface area contributed by atoms with Crippen LogP contribution >= 0.6 is 0 Å². The standard InChI is InChI=1S/C10H11NO3/c1-2-3-11-5-7-6-14-10(13)8(7)4-9(11)12/h4-5H,2-3,6H2,1H3. The molecule has 0 saturated carbocycles. The second-order valence-corrected chi connectivity index (χ2v) is 3.32. The van der Waals surface area contributed by atoms with Gasteiger partial charge in [-0.3, -0.25) is 4.79 Å². The van der Waals surface area contributed by atoms with Gasteiger partial charge in [-0.1, -0.05) is 6.92 Å². The van der Waals surface area contributed by atoms with Crippen molar-refractivity contribution in [3.8, 4) is 0 Å². The lowest BCUT2D eigenvalue weighted by atomic mass is 10.2. The van der Waals surface area contributed by atoms with Crippen LogP contribution < -0.4 is 5.56 Å². The highest BCUT2D eigenvalue weighted by Crippen LogP contribution is 2.16. The number of fused-ring (bicyclic) bond motifs is 1. The van der Waals surface area contributed by atoms with E-state index in [0.29, 0.717) is 12.1 Å². The molecule has 1 aliphatic rings. The van der Waals surface area contributed by atoms with Crippen LogP contribution in [0.4, 0.5) is 0 Å². The first-order chi connectivity index (χ1) is 6.72. The first-order valence-electron chi connectivity index (χ1n) is 4.63. The summed E-state index contributed by atoms with van der Waals surface area (Å²) in [5.41, 5.74) is 1.09. The zero-order valence-electron chi connectivity index (χ0n) is 7.95. The van der Waals surface area contributed by atoms with Crippen LogP contribution in [0.5, 0.6) is 0 Å². The minimum atomic E-state index is -0.388. The second kappa shape index (κ2) is 3.29. The third-order valence-corrected chi connectivity index (χ3v) is 2.25. The molecule has 2 rings (SSSR count). The molecule has 0 aliphatic carbocycles. The fourth-order valence-corrected chi connectivity index (χ4v) is 1.56. The van der Waals surface area contributed by atoms with Gasteiger partial charge in [-0.15, -0.1) is 0 Å². The normalized spacial score (nSPS) is 13.9. The summed E-state index contributed by atoms with van der Waals surface area (Å²) in [7, 11) is 0. The molecule has 2 heterocycles. The van der Waals surface area contributed by atoms with Gasteiger partial charge in [0.05, 0.1) is 5.56 Å². The average Bonchev–Trinajstić information content (AvgIpc) is 2.50. The number of rotatable bonds is 2. The summed E-state index contributed by atoms with van der Waals surface area (Å²) in [6, 6.07) is 1.36. The summed E-state index contributed by atoms with van der Waals surface area (Å²) in [5.74, 6) is -0.388. The van der Waals surface area contributed by atoms with E-state index in [2.05, 4.69) is 0 Å². The topological polar surface area (TPSA) is 48.3 Å². The molecule has 14 heavy (non-hydrogen) atoms. The van der Waals surface area contributed by atoms with Gasteiger partial charge in [0.1, 0.15) is 6.61 Å². The number of carbonyl (C=O) groups is 1. The highest BCUT2D eigenvalue weighted by atomic mass is 16.5. The Hall–Kier alpha value is -1.58. The zero-order valence-corrected chi connectivity index (χ0v) is 7.95. The fraction of sp³-hybridized carbons (Fsp3) is 0.400. The highest BCUT2D eigenvalue weighted by Gasteiger charge is 2.22. The molecule has 0 radical (unpaired) electrons. The number of hydrogen-bond acceptors (Lipinski definition) is 3. The van der Waals surface area contributed by atoms with Gasteiger partial charge in [0, 0.05) is 24.4 Å². The quantitative estimate of drug-likeness (QED) is 0.656. The SMILES string of the molecule is CCCn1cc2c(cc1=O)C(=O)OC2. The van der Waals surface area contributed by atoms with E-state index >= 15 is 0 Å². The summed E-state index contributed by atoms with van der Waals surface area (Å²) < 4.78 is 6.43. The number of hydrogen-bond donors (Lipinski definition) is 0. The Morgan fingerprint density at radius 3 is 3.00 bits per heavy atom. The van der Waals surface area contributed by atoms with Crippen molar-refractivity contribution >= 4 is 5.97 Å². The van der Waals surface area contributed by atoms with Crippen LogP contribution in [0.2, 0.25) is 0 Å². The number of aromatic nitrogens is 1. The molecule has 1 aromatic heterocycles. The van der Waals surface area contributed by atoms with Crippen LogP contribution in [0.1, 0.15) is 29.3 Å². The molecule has 1 aliphatic heterocycles. The Morgan fingerprint density at radius 2 is 2.29 bits per heavy atom. The lowest BCUT2D eigenvalue weighted by Crippen LogP contribution is -2.20. The number of esters is 1. The second-order valence-electron chi connectivity index (χ2n) is 3.32. The molecule has 0 aromatic carbocycles. The predicted octanol–water partition coefficient (Wildman–Crippen LogP) is 0.929. The van der Waals surface area contributed by atoms with Gasteiger partial charge in [0.25, 0.3) is 5.56 Å². The Bertz CT molecular complexity index is 433. The van der Waals surface area contributed by atoms with Crippen LogP contribution in [0.3, 0.4) is 0 Å². The monoisotopic (exact) mass is 193 g/mol. The molecule has 1 aromatic rings. The van der Waals surface area contributed by atoms with E-state index in [1.807, 2.05) is 6.92 Å². The molecular formula is C10H11NO3. The van der Waals surface area contributed by atoms with Crippen LogP contribution in [0.15, 0.2) is 17.1 Å². The van der Waals surface area contributed by atoms with Gasteiger partial charge in [0.2, 0.25) is 0 Å². The number of carbonyl (C=O) groups excluding carboxylic acids is 1. The van der Waals surface area contributed by atoms with Gasteiger partial charge in [-0.25, -0.2) is 4.79 Å². The van der Waals surface area contributed by atoms with Crippen molar-refractivity contribution in [2.75, 3.05) is 0 Å². The number of pyridine rings is 1. The fourth-order valence-electron chi connectivity index (χ4n) is 1.56. The van der Waals surface area contributed by atoms with Crippen molar-refractivity contribution in [1.82, 2.24) is 4.57 Å². The van der Waals surface area contributed by atoms with Crippen molar-refractivity contribution < 1.29 is 9.53 Å². The molecule has 74 valence electrons. The predicted molar refractivity (Wildman–Crippen MR) is 50.1 cm³/mol. The molecule has 0 N–H and O–H groups in total. The lowest BCUT2D eigenvalue weighted by molar-refractivity contribution is 0.0535. The lowest BCUT2D eigenvalue weighted by Gasteiger charge is -2.03. The maximum absolute atomic E-state index is 11.5. The molecular weight excluding hydrogens is 182 g/mol. The molecule has 0 unspecified atom stereocenters. The molecule has 0 fully saturated rings. The molecule has 0 amide bonds. The Morgan fingerprint density at radius 1 is 1.50 bits per heavy atom. The highest BCUT2D eigenvalue weighted by molar-refractivity contribution is 5.92. The molecule has 0 bridgehead atoms. The van der Waals surface area contributed by atoms with Gasteiger partial charge < -0.3 is 9.30 Å². The van der Waals surface area contributed by atoms with E-state index in [1.54, 1.807) is 10.8 Å². The van der Waals surface area contributed by atoms with E-state index in [0.717, 1.165) is 12.0 Å². The van der Waals surface area contributed by atoms with E-state index in [-0.39, 0.29) is 18.1 Å². The van der Waals surface area contributed by atoms with Gasteiger partial charge in [0.15, 0.2) is 0 Å². The minimum Gasteiger partial charge on any atom is -0.457 e. The third-order valence-electron chi connectivity index (χ3n) is 2.25. The van der Waals surface area contributed by atoms with Crippen molar-refractivity contribution in [2.45, 2.75) is 26.5 Å². The van der Waals surface area contributed by atoms with E-state index < -0.39 is 0 Å². The summed E-state index contributed by atoms with van der Waals surface area (Å²) in [6.07, 6.45) is 2.61. The maximum atomic E-state index is 11.5. The van der Waals surface area contributed by atoms with Crippen molar-refractivity contribution in [3.05, 3.63) is 33.7 Å². The van der Waals surface area contributed by atoms with Crippen LogP contribution in [-0.2, 0) is 17.9 Å². The number of ether oxygens (including phenoxy) is 1. The molecule has 4 nitrogen and oxygen atoms in total. The smallest absolute Gasteiger partial charge is 0.339 e. The molecule has 0 atom stereocenters. The zero-order chi connectivity index (χ0) is 10.1. The first-order valence-corrected chi connectivity index (χ1v) is 4.63. The minimum absolute atomic E-state index is 0.135. The number of aryl methyl sites for hydroxylation is 1. The first kappa shape index (κ1) is 8.99. The molecule has 4 heteroatoms. The van der Waals surface area contributed by atoms with Gasteiger partial charge >= 0.3 is 5.97 Å². The Balaban J connectivity index is 2.50. The third kappa shape index (κ3) is 1.32. The maximum Gasteiger partial charge on any atom is 0.339 e. The Kier molecular flexibility index (Phi) is 2.11. The van der Waals surface area contributed by atoms with Crippen molar-refractivity contribution in [2.24, 2.45) is 0 Å². The van der Waals surface area contributed by atoms with E-state index in [4.69, 9.17) is 4.74 Å². The van der Waals surface area contributed by atoms with E-state index in [1.165, 1.54) is 6.07 Å². The summed E-state index contributed by atoms with van der Waals surface area (Å²) in [4.78, 5) is 22.6.